The highest BCUT2D eigenvalue weighted by atomic mass is 16.5. The maximum atomic E-state index is 10.4. The number of aromatic nitrogens is 2. The largest absolute Gasteiger partial charge is 0.496 e. The summed E-state index contributed by atoms with van der Waals surface area (Å²) in [5.41, 5.74) is 1.84. The molecule has 0 radical (unpaired) electrons. The molecule has 0 atom stereocenters. The summed E-state index contributed by atoms with van der Waals surface area (Å²) in [4.78, 5) is 10.4. The first-order valence-corrected chi connectivity index (χ1v) is 6.79. The minimum Gasteiger partial charge on any atom is -0.496 e. The van der Waals surface area contributed by atoms with Gasteiger partial charge in [0, 0.05) is 12.8 Å². The summed E-state index contributed by atoms with van der Waals surface area (Å²) in [7, 11) is 1.59. The number of aryl methyl sites for hydroxylation is 2. The van der Waals surface area contributed by atoms with Gasteiger partial charge >= 0.3 is 5.97 Å². The van der Waals surface area contributed by atoms with Gasteiger partial charge in [0.1, 0.15) is 5.75 Å². The van der Waals surface area contributed by atoms with E-state index in [0.29, 0.717) is 36.8 Å². The molecule has 0 saturated carbocycles. The molecule has 0 aliphatic carbocycles. The molecule has 21 heavy (non-hydrogen) atoms. The summed E-state index contributed by atoms with van der Waals surface area (Å²) >= 11 is 0. The molecule has 0 unspecified atom stereocenters. The number of carbonyl (C=O) groups is 1. The lowest BCUT2D eigenvalue weighted by atomic mass is 10.1. The number of carboxylic acid groups (broad SMARTS) is 1. The molecular weight excluding hydrogens is 272 g/mol. The van der Waals surface area contributed by atoms with Crippen LogP contribution in [0.3, 0.4) is 0 Å². The Morgan fingerprint density at radius 3 is 2.86 bits per heavy atom. The maximum absolute atomic E-state index is 10.4. The molecule has 6 heteroatoms. The number of benzene rings is 1. The predicted molar refractivity (Wildman–Crippen MR) is 76.2 cm³/mol. The predicted octanol–water partition coefficient (Wildman–Crippen LogP) is 2.85. The van der Waals surface area contributed by atoms with Crippen LogP contribution in [0.5, 0.6) is 5.75 Å². The average Bonchev–Trinajstić information content (AvgIpc) is 2.92. The first-order chi connectivity index (χ1) is 10.1. The smallest absolute Gasteiger partial charge is 0.303 e. The summed E-state index contributed by atoms with van der Waals surface area (Å²) in [5.74, 6) is 0.829. The van der Waals surface area contributed by atoms with E-state index in [1.807, 2.05) is 25.1 Å². The third kappa shape index (κ3) is 4.05. The second kappa shape index (κ2) is 6.88. The van der Waals surface area contributed by atoms with E-state index in [-0.39, 0.29) is 6.42 Å². The molecule has 0 saturated heterocycles. The number of ether oxygens (including phenoxy) is 1. The number of methoxy groups -OCH3 is 1. The van der Waals surface area contributed by atoms with Crippen LogP contribution < -0.4 is 4.74 Å². The van der Waals surface area contributed by atoms with Crippen LogP contribution in [-0.4, -0.2) is 28.4 Å². The van der Waals surface area contributed by atoms with Crippen LogP contribution in [0.2, 0.25) is 0 Å². The molecule has 1 heterocycles. The molecule has 2 rings (SSSR count). The van der Waals surface area contributed by atoms with Crippen molar-refractivity contribution in [3.05, 3.63) is 29.7 Å². The van der Waals surface area contributed by atoms with Crippen molar-refractivity contribution in [3.8, 4) is 17.2 Å². The van der Waals surface area contributed by atoms with Gasteiger partial charge in [0.05, 0.1) is 12.7 Å². The maximum Gasteiger partial charge on any atom is 0.303 e. The highest BCUT2D eigenvalue weighted by Gasteiger charge is 2.13. The van der Waals surface area contributed by atoms with Crippen LogP contribution in [0.25, 0.3) is 11.5 Å². The molecule has 0 aliphatic rings. The molecule has 0 aliphatic heterocycles. The number of carboxylic acids is 1. The van der Waals surface area contributed by atoms with E-state index in [1.165, 1.54) is 0 Å². The minimum atomic E-state index is -0.786. The molecule has 0 spiro atoms. The lowest BCUT2D eigenvalue weighted by molar-refractivity contribution is -0.137. The molecular formula is C15H18N2O4. The Morgan fingerprint density at radius 2 is 2.14 bits per heavy atom. The average molecular weight is 290 g/mol. The Bertz CT molecular complexity index is 622. The number of rotatable bonds is 7. The van der Waals surface area contributed by atoms with Gasteiger partial charge in [-0.15, -0.1) is 10.2 Å². The zero-order chi connectivity index (χ0) is 15.2. The normalized spacial score (nSPS) is 10.6. The summed E-state index contributed by atoms with van der Waals surface area (Å²) in [6.45, 7) is 1.98. The lowest BCUT2D eigenvalue weighted by Crippen LogP contribution is -1.95. The Labute approximate surface area is 122 Å². The molecule has 1 N–H and O–H groups in total. The molecule has 112 valence electrons. The van der Waals surface area contributed by atoms with Crippen LogP contribution in [-0.2, 0) is 11.2 Å². The lowest BCUT2D eigenvalue weighted by Gasteiger charge is -2.05. The van der Waals surface area contributed by atoms with Gasteiger partial charge in [-0.05, 0) is 31.9 Å². The third-order valence-electron chi connectivity index (χ3n) is 3.08. The van der Waals surface area contributed by atoms with Crippen LogP contribution >= 0.6 is 0 Å². The quantitative estimate of drug-likeness (QED) is 0.789. The fourth-order valence-electron chi connectivity index (χ4n) is 2.00. The van der Waals surface area contributed by atoms with Gasteiger partial charge in [-0.1, -0.05) is 11.6 Å². The number of nitrogens with zero attached hydrogens (tertiary/aromatic N) is 2. The standard InChI is InChI=1S/C15H18N2O4/c1-10-7-8-12(20-2)11(9-10)15-17-16-13(21-15)5-3-4-6-14(18)19/h7-9H,3-6H2,1-2H3,(H,18,19). The van der Waals surface area contributed by atoms with E-state index in [9.17, 15) is 4.79 Å². The Balaban J connectivity index is 2.06. The van der Waals surface area contributed by atoms with E-state index in [2.05, 4.69) is 10.2 Å². The fraction of sp³-hybridized carbons (Fsp3) is 0.400. The second-order valence-corrected chi connectivity index (χ2v) is 4.81. The highest BCUT2D eigenvalue weighted by molar-refractivity contribution is 5.66. The van der Waals surface area contributed by atoms with E-state index in [0.717, 1.165) is 11.1 Å². The summed E-state index contributed by atoms with van der Waals surface area (Å²) in [5, 5.41) is 16.6. The first kappa shape index (κ1) is 15.0. The van der Waals surface area contributed by atoms with Crippen LogP contribution in [0, 0.1) is 6.92 Å². The van der Waals surface area contributed by atoms with E-state index in [1.54, 1.807) is 7.11 Å². The Hall–Kier alpha value is -2.37. The van der Waals surface area contributed by atoms with Crippen molar-refractivity contribution in [3.63, 3.8) is 0 Å². The molecule has 0 bridgehead atoms. The SMILES string of the molecule is COc1ccc(C)cc1-c1nnc(CCCCC(=O)O)o1. The number of hydrogen-bond acceptors (Lipinski definition) is 5. The summed E-state index contributed by atoms with van der Waals surface area (Å²) < 4.78 is 10.9. The van der Waals surface area contributed by atoms with Crippen molar-refractivity contribution in [1.29, 1.82) is 0 Å². The molecule has 0 fully saturated rings. The van der Waals surface area contributed by atoms with Gasteiger partial charge < -0.3 is 14.3 Å². The zero-order valence-corrected chi connectivity index (χ0v) is 12.1. The first-order valence-electron chi connectivity index (χ1n) is 6.79. The van der Waals surface area contributed by atoms with Crippen molar-refractivity contribution < 1.29 is 19.1 Å². The molecule has 0 amide bonds. The topological polar surface area (TPSA) is 85.5 Å². The fourth-order valence-corrected chi connectivity index (χ4v) is 2.00. The summed E-state index contributed by atoms with van der Waals surface area (Å²) in [6, 6.07) is 5.74. The zero-order valence-electron chi connectivity index (χ0n) is 12.1. The van der Waals surface area contributed by atoms with E-state index in [4.69, 9.17) is 14.3 Å². The van der Waals surface area contributed by atoms with Crippen molar-refractivity contribution in [2.45, 2.75) is 32.6 Å². The van der Waals surface area contributed by atoms with Crippen molar-refractivity contribution in [1.82, 2.24) is 10.2 Å². The molecule has 1 aromatic carbocycles. The van der Waals surface area contributed by atoms with E-state index < -0.39 is 5.97 Å². The van der Waals surface area contributed by atoms with Gasteiger partial charge in [-0.3, -0.25) is 4.79 Å². The number of unbranched alkanes of at least 4 members (excludes halogenated alkanes) is 1. The monoisotopic (exact) mass is 290 g/mol. The van der Waals surface area contributed by atoms with Gasteiger partial charge in [0.25, 0.3) is 5.89 Å². The third-order valence-corrected chi connectivity index (χ3v) is 3.08. The Kier molecular flexibility index (Phi) is 4.92. The molecule has 6 nitrogen and oxygen atoms in total. The van der Waals surface area contributed by atoms with Crippen LogP contribution in [0.4, 0.5) is 0 Å². The second-order valence-electron chi connectivity index (χ2n) is 4.81. The van der Waals surface area contributed by atoms with Crippen molar-refractivity contribution >= 4 is 5.97 Å². The van der Waals surface area contributed by atoms with E-state index >= 15 is 0 Å². The minimum absolute atomic E-state index is 0.159. The van der Waals surface area contributed by atoms with Gasteiger partial charge in [0.15, 0.2) is 0 Å². The Morgan fingerprint density at radius 1 is 1.33 bits per heavy atom. The molecule has 1 aromatic heterocycles. The van der Waals surface area contributed by atoms with Crippen LogP contribution in [0.1, 0.15) is 30.7 Å². The highest BCUT2D eigenvalue weighted by Crippen LogP contribution is 2.29. The van der Waals surface area contributed by atoms with Crippen LogP contribution in [0.15, 0.2) is 22.6 Å². The van der Waals surface area contributed by atoms with Gasteiger partial charge in [-0.25, -0.2) is 0 Å². The van der Waals surface area contributed by atoms with Crippen molar-refractivity contribution in [2.24, 2.45) is 0 Å². The number of aliphatic carboxylic acids is 1. The van der Waals surface area contributed by atoms with Crippen molar-refractivity contribution in [2.75, 3.05) is 7.11 Å². The summed E-state index contributed by atoms with van der Waals surface area (Å²) in [6.07, 6.45) is 2.04. The molecule has 2 aromatic rings. The van der Waals surface area contributed by atoms with Gasteiger partial charge in [0.2, 0.25) is 5.89 Å². The van der Waals surface area contributed by atoms with Gasteiger partial charge in [-0.2, -0.15) is 0 Å². The number of hydrogen-bond donors (Lipinski definition) is 1.